The summed E-state index contributed by atoms with van der Waals surface area (Å²) in [5, 5.41) is 5.58. The van der Waals surface area contributed by atoms with Crippen LogP contribution >= 0.6 is 0 Å². The fraction of sp³-hybridized carbons (Fsp3) is 0.278. The molecule has 6 nitrogen and oxygen atoms in total. The SMILES string of the molecule is CN(C)c1cc(C(=O)NCCC(=O)NCc2ccccc2)ccn1. The monoisotopic (exact) mass is 326 g/mol. The molecule has 24 heavy (non-hydrogen) atoms. The molecule has 0 aliphatic heterocycles. The molecule has 0 atom stereocenters. The van der Waals surface area contributed by atoms with Crippen molar-refractivity contribution in [3.63, 3.8) is 0 Å². The van der Waals surface area contributed by atoms with Gasteiger partial charge in [0.15, 0.2) is 0 Å². The summed E-state index contributed by atoms with van der Waals surface area (Å²) in [4.78, 5) is 29.9. The van der Waals surface area contributed by atoms with E-state index in [1.54, 1.807) is 18.3 Å². The van der Waals surface area contributed by atoms with E-state index in [1.807, 2.05) is 49.3 Å². The normalized spacial score (nSPS) is 10.1. The molecule has 1 heterocycles. The first-order valence-corrected chi connectivity index (χ1v) is 7.78. The summed E-state index contributed by atoms with van der Waals surface area (Å²) in [5.74, 6) is 0.405. The summed E-state index contributed by atoms with van der Waals surface area (Å²) in [7, 11) is 3.72. The number of carbonyl (C=O) groups is 2. The molecule has 126 valence electrons. The summed E-state index contributed by atoms with van der Waals surface area (Å²) in [6.07, 6.45) is 1.83. The number of anilines is 1. The Morgan fingerprint density at radius 2 is 1.83 bits per heavy atom. The lowest BCUT2D eigenvalue weighted by atomic mass is 10.2. The Kier molecular flexibility index (Phi) is 6.31. The van der Waals surface area contributed by atoms with Crippen LogP contribution in [0.25, 0.3) is 0 Å². The Morgan fingerprint density at radius 3 is 2.54 bits per heavy atom. The van der Waals surface area contributed by atoms with Crippen LogP contribution in [0.5, 0.6) is 0 Å². The zero-order valence-corrected chi connectivity index (χ0v) is 14.0. The van der Waals surface area contributed by atoms with E-state index >= 15 is 0 Å². The number of nitrogens with one attached hydrogen (secondary N) is 2. The zero-order valence-electron chi connectivity index (χ0n) is 14.0. The Morgan fingerprint density at radius 1 is 1.08 bits per heavy atom. The molecular weight excluding hydrogens is 304 g/mol. The Balaban J connectivity index is 1.74. The van der Waals surface area contributed by atoms with Crippen molar-refractivity contribution in [1.82, 2.24) is 15.6 Å². The first-order valence-electron chi connectivity index (χ1n) is 7.78. The quantitative estimate of drug-likeness (QED) is 0.810. The largest absolute Gasteiger partial charge is 0.363 e. The van der Waals surface area contributed by atoms with Crippen molar-refractivity contribution in [2.45, 2.75) is 13.0 Å². The third kappa shape index (κ3) is 5.39. The van der Waals surface area contributed by atoms with Crippen LogP contribution in [-0.4, -0.2) is 37.4 Å². The fourth-order valence-corrected chi connectivity index (χ4v) is 2.08. The van der Waals surface area contributed by atoms with Crippen LogP contribution in [0.3, 0.4) is 0 Å². The average molecular weight is 326 g/mol. The zero-order chi connectivity index (χ0) is 17.4. The van der Waals surface area contributed by atoms with Gasteiger partial charge in [0.1, 0.15) is 5.82 Å². The first kappa shape index (κ1) is 17.5. The molecule has 0 unspecified atom stereocenters. The summed E-state index contributed by atoms with van der Waals surface area (Å²) in [5.41, 5.74) is 1.57. The molecule has 2 rings (SSSR count). The predicted molar refractivity (Wildman–Crippen MR) is 93.8 cm³/mol. The number of hydrogen-bond acceptors (Lipinski definition) is 4. The lowest BCUT2D eigenvalue weighted by Gasteiger charge is -2.12. The van der Waals surface area contributed by atoms with E-state index in [2.05, 4.69) is 15.6 Å². The Labute approximate surface area is 141 Å². The molecule has 0 bridgehead atoms. The van der Waals surface area contributed by atoms with Gasteiger partial charge in [-0.25, -0.2) is 4.98 Å². The van der Waals surface area contributed by atoms with Crippen LogP contribution in [-0.2, 0) is 11.3 Å². The number of amides is 2. The second kappa shape index (κ2) is 8.67. The fourth-order valence-electron chi connectivity index (χ4n) is 2.08. The number of nitrogens with zero attached hydrogens (tertiary/aromatic N) is 2. The number of benzene rings is 1. The van der Waals surface area contributed by atoms with Crippen LogP contribution in [0, 0.1) is 0 Å². The van der Waals surface area contributed by atoms with E-state index in [0.29, 0.717) is 24.5 Å². The number of rotatable bonds is 7. The van der Waals surface area contributed by atoms with E-state index in [-0.39, 0.29) is 18.2 Å². The van der Waals surface area contributed by atoms with Gasteiger partial charge in [0.05, 0.1) is 0 Å². The van der Waals surface area contributed by atoms with Crippen LogP contribution in [0.4, 0.5) is 5.82 Å². The molecule has 0 saturated carbocycles. The maximum Gasteiger partial charge on any atom is 0.251 e. The molecule has 0 aliphatic rings. The van der Waals surface area contributed by atoms with Crippen molar-refractivity contribution in [2.24, 2.45) is 0 Å². The number of carbonyl (C=O) groups excluding carboxylic acids is 2. The highest BCUT2D eigenvalue weighted by Gasteiger charge is 2.08. The van der Waals surface area contributed by atoms with E-state index in [4.69, 9.17) is 0 Å². The van der Waals surface area contributed by atoms with Crippen molar-refractivity contribution < 1.29 is 9.59 Å². The maximum absolute atomic E-state index is 12.1. The van der Waals surface area contributed by atoms with Crippen molar-refractivity contribution in [1.29, 1.82) is 0 Å². The average Bonchev–Trinajstić information content (AvgIpc) is 2.61. The van der Waals surface area contributed by atoms with Crippen LogP contribution in [0.2, 0.25) is 0 Å². The van der Waals surface area contributed by atoms with Crippen LogP contribution < -0.4 is 15.5 Å². The molecule has 0 radical (unpaired) electrons. The van der Waals surface area contributed by atoms with E-state index in [0.717, 1.165) is 5.56 Å². The minimum atomic E-state index is -0.212. The third-order valence-electron chi connectivity index (χ3n) is 3.44. The van der Waals surface area contributed by atoms with Gasteiger partial charge in [-0.3, -0.25) is 9.59 Å². The second-order valence-corrected chi connectivity index (χ2v) is 5.57. The van der Waals surface area contributed by atoms with Gasteiger partial charge in [-0.15, -0.1) is 0 Å². The van der Waals surface area contributed by atoms with Gasteiger partial charge >= 0.3 is 0 Å². The standard InChI is InChI=1S/C18H22N4O2/c1-22(2)16-12-15(8-10-19-16)18(24)20-11-9-17(23)21-13-14-6-4-3-5-7-14/h3-8,10,12H,9,11,13H2,1-2H3,(H,20,24)(H,21,23). The highest BCUT2D eigenvalue weighted by molar-refractivity contribution is 5.95. The predicted octanol–water partition coefficient (Wildman–Crippen LogP) is 1.58. The highest BCUT2D eigenvalue weighted by Crippen LogP contribution is 2.09. The topological polar surface area (TPSA) is 74.3 Å². The molecule has 2 N–H and O–H groups in total. The summed E-state index contributed by atoms with van der Waals surface area (Å²) < 4.78 is 0. The smallest absolute Gasteiger partial charge is 0.251 e. The lowest BCUT2D eigenvalue weighted by Crippen LogP contribution is -2.30. The van der Waals surface area contributed by atoms with Crippen molar-refractivity contribution in [2.75, 3.05) is 25.5 Å². The molecule has 1 aromatic carbocycles. The van der Waals surface area contributed by atoms with Gasteiger partial charge in [0.2, 0.25) is 5.91 Å². The molecule has 0 spiro atoms. The number of aromatic nitrogens is 1. The van der Waals surface area contributed by atoms with Gasteiger partial charge in [-0.1, -0.05) is 30.3 Å². The van der Waals surface area contributed by atoms with Crippen molar-refractivity contribution in [3.8, 4) is 0 Å². The molecule has 6 heteroatoms. The maximum atomic E-state index is 12.1. The van der Waals surface area contributed by atoms with Crippen molar-refractivity contribution >= 4 is 17.6 Å². The third-order valence-corrected chi connectivity index (χ3v) is 3.44. The molecule has 0 fully saturated rings. The van der Waals surface area contributed by atoms with E-state index in [9.17, 15) is 9.59 Å². The molecule has 2 aromatic rings. The molecule has 0 saturated heterocycles. The van der Waals surface area contributed by atoms with E-state index < -0.39 is 0 Å². The lowest BCUT2D eigenvalue weighted by molar-refractivity contribution is -0.121. The Bertz CT molecular complexity index is 686. The van der Waals surface area contributed by atoms with Gasteiger partial charge in [0.25, 0.3) is 5.91 Å². The van der Waals surface area contributed by atoms with Gasteiger partial charge in [-0.2, -0.15) is 0 Å². The van der Waals surface area contributed by atoms with Crippen molar-refractivity contribution in [3.05, 3.63) is 59.8 Å². The first-order chi connectivity index (χ1) is 11.6. The molecule has 2 amide bonds. The number of hydrogen-bond donors (Lipinski definition) is 2. The Hall–Kier alpha value is -2.89. The molecular formula is C18H22N4O2. The number of pyridine rings is 1. The van der Waals surface area contributed by atoms with Gasteiger partial charge in [0, 0.05) is 45.4 Å². The summed E-state index contributed by atoms with van der Waals surface area (Å²) >= 11 is 0. The summed E-state index contributed by atoms with van der Waals surface area (Å²) in [6.45, 7) is 0.781. The van der Waals surface area contributed by atoms with Crippen LogP contribution in [0.15, 0.2) is 48.7 Å². The molecule has 1 aromatic heterocycles. The van der Waals surface area contributed by atoms with E-state index in [1.165, 1.54) is 0 Å². The molecule has 0 aliphatic carbocycles. The minimum Gasteiger partial charge on any atom is -0.363 e. The summed E-state index contributed by atoms with van der Waals surface area (Å²) in [6, 6.07) is 13.1. The van der Waals surface area contributed by atoms with Crippen LogP contribution in [0.1, 0.15) is 22.3 Å². The second-order valence-electron chi connectivity index (χ2n) is 5.57. The van der Waals surface area contributed by atoms with Gasteiger partial charge < -0.3 is 15.5 Å². The van der Waals surface area contributed by atoms with Gasteiger partial charge in [-0.05, 0) is 17.7 Å². The minimum absolute atomic E-state index is 0.0946. The highest BCUT2D eigenvalue weighted by atomic mass is 16.2.